The quantitative estimate of drug-likeness (QED) is 0.488. The van der Waals surface area contributed by atoms with E-state index in [9.17, 15) is 0 Å². The molecule has 0 unspecified atom stereocenters. The normalized spacial score (nSPS) is 11.6. The monoisotopic (exact) mass is 338 g/mol. The average molecular weight is 338 g/mol. The van der Waals surface area contributed by atoms with Gasteiger partial charge >= 0.3 is 0 Å². The molecular weight excluding hydrogens is 320 g/mol. The Labute approximate surface area is 151 Å². The van der Waals surface area contributed by atoms with E-state index in [0.717, 1.165) is 40.9 Å². The van der Waals surface area contributed by atoms with Crippen molar-refractivity contribution in [3.05, 3.63) is 78.4 Å². The number of hydrogen-bond acceptors (Lipinski definition) is 3. The Morgan fingerprint density at radius 3 is 2.54 bits per heavy atom. The van der Waals surface area contributed by atoms with Crippen LogP contribution in [0, 0.1) is 0 Å². The van der Waals surface area contributed by atoms with Gasteiger partial charge in [-0.1, -0.05) is 42.5 Å². The van der Waals surface area contributed by atoms with Crippen LogP contribution in [-0.2, 0) is 19.9 Å². The number of aryl methyl sites for hydroxylation is 3. The van der Waals surface area contributed by atoms with Crippen molar-refractivity contribution in [1.29, 1.82) is 0 Å². The summed E-state index contributed by atoms with van der Waals surface area (Å²) in [7, 11) is 2.09. The number of fused-ring (bicyclic) bond motifs is 4. The van der Waals surface area contributed by atoms with Gasteiger partial charge in [0, 0.05) is 25.1 Å². The minimum atomic E-state index is 0.826. The second kappa shape index (κ2) is 5.92. The van der Waals surface area contributed by atoms with Gasteiger partial charge in [-0.3, -0.25) is 4.98 Å². The fourth-order valence-electron chi connectivity index (χ4n) is 3.55. The van der Waals surface area contributed by atoms with Crippen LogP contribution in [0.1, 0.15) is 11.5 Å². The lowest BCUT2D eigenvalue weighted by molar-refractivity contribution is 0.776. The van der Waals surface area contributed by atoms with E-state index in [1.165, 1.54) is 16.3 Å². The second-order valence-electron chi connectivity index (χ2n) is 6.59. The van der Waals surface area contributed by atoms with Crippen molar-refractivity contribution < 1.29 is 0 Å². The van der Waals surface area contributed by atoms with Gasteiger partial charge in [-0.05, 0) is 30.0 Å². The molecule has 4 nitrogen and oxygen atoms in total. The van der Waals surface area contributed by atoms with Gasteiger partial charge in [-0.2, -0.15) is 0 Å². The SMILES string of the molecule is Cn1c(CCc2cnc3ccccc3n2)nc2c3ccccc3ccc21. The molecule has 26 heavy (non-hydrogen) atoms. The molecule has 0 radical (unpaired) electrons. The average Bonchev–Trinajstić information content (AvgIpc) is 3.02. The molecule has 0 saturated carbocycles. The van der Waals surface area contributed by atoms with Crippen LogP contribution in [0.2, 0.25) is 0 Å². The molecule has 4 heteroatoms. The molecule has 0 saturated heterocycles. The smallest absolute Gasteiger partial charge is 0.110 e. The Morgan fingerprint density at radius 1 is 0.808 bits per heavy atom. The molecule has 2 heterocycles. The van der Waals surface area contributed by atoms with E-state index < -0.39 is 0 Å². The maximum Gasteiger partial charge on any atom is 0.110 e. The maximum atomic E-state index is 4.93. The number of imidazole rings is 1. The van der Waals surface area contributed by atoms with Crippen LogP contribution in [0.15, 0.2) is 66.9 Å². The predicted octanol–water partition coefficient (Wildman–Crippen LogP) is 4.45. The summed E-state index contributed by atoms with van der Waals surface area (Å²) < 4.78 is 2.19. The van der Waals surface area contributed by atoms with Crippen molar-refractivity contribution in [2.24, 2.45) is 7.05 Å². The standard InChI is InChI=1S/C22H18N4/c1-26-20-12-10-15-6-2-3-7-17(15)22(20)25-21(26)13-11-16-14-23-18-8-4-5-9-19(18)24-16/h2-10,12,14H,11,13H2,1H3. The summed E-state index contributed by atoms with van der Waals surface area (Å²) in [5, 5.41) is 2.43. The molecule has 0 atom stereocenters. The maximum absolute atomic E-state index is 4.93. The van der Waals surface area contributed by atoms with Crippen molar-refractivity contribution in [3.63, 3.8) is 0 Å². The fourth-order valence-corrected chi connectivity index (χ4v) is 3.55. The summed E-state index contributed by atoms with van der Waals surface area (Å²) in [4.78, 5) is 14.2. The van der Waals surface area contributed by atoms with E-state index in [4.69, 9.17) is 9.97 Å². The first-order chi connectivity index (χ1) is 12.8. The van der Waals surface area contributed by atoms with Gasteiger partial charge in [0.15, 0.2) is 0 Å². The van der Waals surface area contributed by atoms with Gasteiger partial charge in [-0.25, -0.2) is 9.97 Å². The van der Waals surface area contributed by atoms with Gasteiger partial charge in [0.1, 0.15) is 5.82 Å². The molecule has 0 aliphatic rings. The molecule has 126 valence electrons. The first kappa shape index (κ1) is 15.0. The summed E-state index contributed by atoms with van der Waals surface area (Å²) in [6.45, 7) is 0. The molecule has 0 N–H and O–H groups in total. The van der Waals surface area contributed by atoms with E-state index in [-0.39, 0.29) is 0 Å². The van der Waals surface area contributed by atoms with Gasteiger partial charge in [0.2, 0.25) is 0 Å². The molecule has 0 aliphatic heterocycles. The van der Waals surface area contributed by atoms with Crippen molar-refractivity contribution >= 4 is 32.8 Å². The minimum Gasteiger partial charge on any atom is -0.331 e. The third-order valence-corrected chi connectivity index (χ3v) is 4.97. The first-order valence-corrected chi connectivity index (χ1v) is 8.83. The number of aromatic nitrogens is 4. The highest BCUT2D eigenvalue weighted by Gasteiger charge is 2.11. The number of nitrogens with zero attached hydrogens (tertiary/aromatic N) is 4. The molecule has 0 fully saturated rings. The summed E-state index contributed by atoms with van der Waals surface area (Å²) in [5.41, 5.74) is 5.13. The van der Waals surface area contributed by atoms with Gasteiger partial charge in [0.25, 0.3) is 0 Å². The van der Waals surface area contributed by atoms with Crippen LogP contribution in [-0.4, -0.2) is 19.5 Å². The zero-order valence-electron chi connectivity index (χ0n) is 14.6. The van der Waals surface area contributed by atoms with Crippen molar-refractivity contribution in [3.8, 4) is 0 Å². The van der Waals surface area contributed by atoms with Crippen molar-refractivity contribution in [2.75, 3.05) is 0 Å². The number of rotatable bonds is 3. The Morgan fingerprint density at radius 2 is 1.62 bits per heavy atom. The predicted molar refractivity (Wildman–Crippen MR) is 105 cm³/mol. The Hall–Kier alpha value is -3.27. The van der Waals surface area contributed by atoms with Crippen molar-refractivity contribution in [2.45, 2.75) is 12.8 Å². The third kappa shape index (κ3) is 2.42. The lowest BCUT2D eigenvalue weighted by atomic mass is 10.1. The highest BCUT2D eigenvalue weighted by Crippen LogP contribution is 2.25. The number of benzene rings is 3. The Balaban J connectivity index is 1.50. The van der Waals surface area contributed by atoms with Gasteiger partial charge < -0.3 is 4.57 Å². The second-order valence-corrected chi connectivity index (χ2v) is 6.59. The zero-order valence-corrected chi connectivity index (χ0v) is 14.6. The molecule has 5 aromatic rings. The van der Waals surface area contributed by atoms with Crippen molar-refractivity contribution in [1.82, 2.24) is 19.5 Å². The Kier molecular flexibility index (Phi) is 3.42. The van der Waals surface area contributed by atoms with Gasteiger partial charge in [-0.15, -0.1) is 0 Å². The Bertz CT molecular complexity index is 1250. The number of para-hydroxylation sites is 2. The van der Waals surface area contributed by atoms with E-state index in [1.54, 1.807) is 0 Å². The van der Waals surface area contributed by atoms with Crippen LogP contribution < -0.4 is 0 Å². The van der Waals surface area contributed by atoms with E-state index in [2.05, 4.69) is 53.0 Å². The van der Waals surface area contributed by atoms with Crippen LogP contribution in [0.3, 0.4) is 0 Å². The highest BCUT2D eigenvalue weighted by atomic mass is 15.1. The number of hydrogen-bond donors (Lipinski definition) is 0. The van der Waals surface area contributed by atoms with E-state index in [0.29, 0.717) is 0 Å². The lowest BCUT2D eigenvalue weighted by Crippen LogP contribution is -2.02. The summed E-state index contributed by atoms with van der Waals surface area (Å²) in [5.74, 6) is 1.08. The summed E-state index contributed by atoms with van der Waals surface area (Å²) in [6.07, 6.45) is 3.54. The first-order valence-electron chi connectivity index (χ1n) is 8.83. The summed E-state index contributed by atoms with van der Waals surface area (Å²) >= 11 is 0. The summed E-state index contributed by atoms with van der Waals surface area (Å²) in [6, 6.07) is 20.7. The highest BCUT2D eigenvalue weighted by molar-refractivity contribution is 6.04. The third-order valence-electron chi connectivity index (χ3n) is 4.97. The molecule has 0 amide bonds. The molecule has 0 bridgehead atoms. The lowest BCUT2D eigenvalue weighted by Gasteiger charge is -2.04. The largest absolute Gasteiger partial charge is 0.331 e. The topological polar surface area (TPSA) is 43.6 Å². The van der Waals surface area contributed by atoms with Crippen LogP contribution in [0.25, 0.3) is 32.8 Å². The molecule has 0 spiro atoms. The molecule has 3 aromatic carbocycles. The zero-order chi connectivity index (χ0) is 17.5. The fraction of sp³-hybridized carbons (Fsp3) is 0.136. The van der Waals surface area contributed by atoms with Crippen LogP contribution >= 0.6 is 0 Å². The minimum absolute atomic E-state index is 0.826. The molecule has 2 aromatic heterocycles. The molecular formula is C22H18N4. The molecule has 5 rings (SSSR count). The van der Waals surface area contributed by atoms with E-state index >= 15 is 0 Å². The van der Waals surface area contributed by atoms with Crippen LogP contribution in [0.5, 0.6) is 0 Å². The van der Waals surface area contributed by atoms with E-state index in [1.807, 2.05) is 30.5 Å². The van der Waals surface area contributed by atoms with Gasteiger partial charge in [0.05, 0.1) is 27.8 Å². The molecule has 0 aliphatic carbocycles. The van der Waals surface area contributed by atoms with Crippen LogP contribution in [0.4, 0.5) is 0 Å².